The van der Waals surface area contributed by atoms with E-state index in [0.29, 0.717) is 42.9 Å². The Morgan fingerprint density at radius 3 is 2.57 bits per heavy atom. The second-order valence-corrected chi connectivity index (χ2v) is 7.18. The molecule has 0 fully saturated rings. The summed E-state index contributed by atoms with van der Waals surface area (Å²) in [5.41, 5.74) is 0.725. The summed E-state index contributed by atoms with van der Waals surface area (Å²) in [7, 11) is 0. The third-order valence-corrected chi connectivity index (χ3v) is 5.06. The maximum absolute atomic E-state index is 12.4. The highest BCUT2D eigenvalue weighted by Gasteiger charge is 2.14. The molecule has 0 aliphatic rings. The van der Waals surface area contributed by atoms with E-state index in [1.165, 1.54) is 12.1 Å². The molecule has 0 saturated carbocycles. The van der Waals surface area contributed by atoms with Crippen LogP contribution in [0.5, 0.6) is 0 Å². The van der Waals surface area contributed by atoms with Crippen LogP contribution in [-0.4, -0.2) is 5.91 Å². The number of benzene rings is 2. The summed E-state index contributed by atoms with van der Waals surface area (Å²) in [5.74, 6) is 0.106. The SMILES string of the molecule is N#C/C(=C\c1ccc(-c2cccc(Cl)c2Cl)o1)C(=O)Nc1cc(Cl)ccc1Cl. The molecular formula is C20H10Cl4N2O2. The van der Waals surface area contributed by atoms with Gasteiger partial charge in [-0.2, -0.15) is 5.26 Å². The van der Waals surface area contributed by atoms with Gasteiger partial charge in [0, 0.05) is 16.7 Å². The standard InChI is InChI=1S/C20H10Cl4N2O2/c21-12-4-6-15(22)17(9-12)26-20(27)11(10-25)8-13-5-7-18(28-13)14-2-1-3-16(23)19(14)24/h1-9H,(H,26,27)/b11-8+. The average molecular weight is 452 g/mol. The number of furan rings is 1. The zero-order valence-corrected chi connectivity index (χ0v) is 17.0. The van der Waals surface area contributed by atoms with Crippen LogP contribution in [-0.2, 0) is 4.79 Å². The Kier molecular flexibility index (Phi) is 6.33. The predicted molar refractivity (Wildman–Crippen MR) is 113 cm³/mol. The van der Waals surface area contributed by atoms with Crippen LogP contribution >= 0.6 is 46.4 Å². The van der Waals surface area contributed by atoms with Crippen molar-refractivity contribution in [1.29, 1.82) is 5.26 Å². The zero-order chi connectivity index (χ0) is 20.3. The molecule has 0 unspecified atom stereocenters. The molecule has 0 aliphatic heterocycles. The summed E-state index contributed by atoms with van der Waals surface area (Å²) in [6, 6.07) is 14.9. The van der Waals surface area contributed by atoms with Gasteiger partial charge >= 0.3 is 0 Å². The number of nitrogens with zero attached hydrogens (tertiary/aromatic N) is 1. The molecular weight excluding hydrogens is 442 g/mol. The van der Waals surface area contributed by atoms with Gasteiger partial charge in [-0.15, -0.1) is 0 Å². The average Bonchev–Trinajstić information content (AvgIpc) is 3.13. The first kappa shape index (κ1) is 20.3. The van der Waals surface area contributed by atoms with E-state index in [-0.39, 0.29) is 5.57 Å². The van der Waals surface area contributed by atoms with Crippen LogP contribution in [0.2, 0.25) is 20.1 Å². The highest BCUT2D eigenvalue weighted by Crippen LogP contribution is 2.34. The van der Waals surface area contributed by atoms with Gasteiger partial charge in [-0.3, -0.25) is 4.79 Å². The largest absolute Gasteiger partial charge is 0.457 e. The lowest BCUT2D eigenvalue weighted by Crippen LogP contribution is -2.13. The molecule has 1 amide bonds. The topological polar surface area (TPSA) is 66.0 Å². The maximum Gasteiger partial charge on any atom is 0.266 e. The van der Waals surface area contributed by atoms with Gasteiger partial charge in [0.1, 0.15) is 23.2 Å². The third kappa shape index (κ3) is 4.52. The Labute approximate surface area is 180 Å². The normalized spacial score (nSPS) is 11.2. The van der Waals surface area contributed by atoms with Gasteiger partial charge in [0.2, 0.25) is 0 Å². The first-order valence-corrected chi connectivity index (χ1v) is 9.32. The molecule has 1 heterocycles. The lowest BCUT2D eigenvalue weighted by Gasteiger charge is -2.06. The second kappa shape index (κ2) is 8.72. The molecule has 0 radical (unpaired) electrons. The van der Waals surface area contributed by atoms with Crippen LogP contribution in [0.3, 0.4) is 0 Å². The van der Waals surface area contributed by atoms with Crippen molar-refractivity contribution in [3.63, 3.8) is 0 Å². The molecule has 28 heavy (non-hydrogen) atoms. The fourth-order valence-electron chi connectivity index (χ4n) is 2.34. The number of carbonyl (C=O) groups is 1. The summed E-state index contributed by atoms with van der Waals surface area (Å²) in [5, 5.41) is 13.3. The summed E-state index contributed by atoms with van der Waals surface area (Å²) < 4.78 is 5.68. The number of hydrogen-bond acceptors (Lipinski definition) is 3. The van der Waals surface area contributed by atoms with E-state index in [1.807, 2.05) is 6.07 Å². The fourth-order valence-corrected chi connectivity index (χ4v) is 3.07. The van der Waals surface area contributed by atoms with Crippen LogP contribution in [0.15, 0.2) is 58.5 Å². The van der Waals surface area contributed by atoms with E-state index in [9.17, 15) is 10.1 Å². The Bertz CT molecular complexity index is 1130. The minimum Gasteiger partial charge on any atom is -0.457 e. The van der Waals surface area contributed by atoms with Crippen molar-refractivity contribution >= 4 is 64.1 Å². The third-order valence-electron chi connectivity index (χ3n) is 3.67. The molecule has 1 N–H and O–H groups in total. The van der Waals surface area contributed by atoms with Crippen molar-refractivity contribution in [2.45, 2.75) is 0 Å². The Balaban J connectivity index is 1.86. The molecule has 4 nitrogen and oxygen atoms in total. The van der Waals surface area contributed by atoms with Crippen molar-refractivity contribution in [3.05, 3.63) is 80.0 Å². The van der Waals surface area contributed by atoms with Crippen LogP contribution in [0.1, 0.15) is 5.76 Å². The van der Waals surface area contributed by atoms with Crippen molar-refractivity contribution in [3.8, 4) is 17.4 Å². The van der Waals surface area contributed by atoms with Crippen molar-refractivity contribution in [2.75, 3.05) is 5.32 Å². The molecule has 0 atom stereocenters. The molecule has 3 rings (SSSR count). The first-order chi connectivity index (χ1) is 13.4. The van der Waals surface area contributed by atoms with E-state index in [0.717, 1.165) is 0 Å². The summed E-state index contributed by atoms with van der Waals surface area (Å²) in [6.45, 7) is 0. The van der Waals surface area contributed by atoms with Crippen LogP contribution in [0.25, 0.3) is 17.4 Å². The van der Waals surface area contributed by atoms with Gasteiger partial charge in [0.15, 0.2) is 0 Å². The number of nitriles is 1. The van der Waals surface area contributed by atoms with Crippen LogP contribution in [0.4, 0.5) is 5.69 Å². The van der Waals surface area contributed by atoms with Crippen LogP contribution < -0.4 is 5.32 Å². The van der Waals surface area contributed by atoms with E-state index in [4.69, 9.17) is 50.8 Å². The number of anilines is 1. The Hall–Kier alpha value is -2.42. The van der Waals surface area contributed by atoms with Crippen molar-refractivity contribution < 1.29 is 9.21 Å². The fraction of sp³-hybridized carbons (Fsp3) is 0. The van der Waals surface area contributed by atoms with E-state index < -0.39 is 5.91 Å². The minimum absolute atomic E-state index is 0.172. The van der Waals surface area contributed by atoms with Gasteiger partial charge < -0.3 is 9.73 Å². The highest BCUT2D eigenvalue weighted by atomic mass is 35.5. The molecule has 0 bridgehead atoms. The molecule has 2 aromatic carbocycles. The zero-order valence-electron chi connectivity index (χ0n) is 14.0. The second-order valence-electron chi connectivity index (χ2n) is 5.55. The highest BCUT2D eigenvalue weighted by molar-refractivity contribution is 6.43. The monoisotopic (exact) mass is 450 g/mol. The van der Waals surface area contributed by atoms with Gasteiger partial charge in [0.25, 0.3) is 5.91 Å². The number of halogens is 4. The van der Waals surface area contributed by atoms with E-state index >= 15 is 0 Å². The molecule has 0 saturated heterocycles. The molecule has 0 aliphatic carbocycles. The molecule has 3 aromatic rings. The van der Waals surface area contributed by atoms with E-state index in [2.05, 4.69) is 5.32 Å². The van der Waals surface area contributed by atoms with E-state index in [1.54, 1.807) is 42.5 Å². The lowest BCUT2D eigenvalue weighted by atomic mass is 10.2. The molecule has 0 spiro atoms. The Morgan fingerprint density at radius 2 is 1.82 bits per heavy atom. The van der Waals surface area contributed by atoms with Crippen LogP contribution in [0, 0.1) is 11.3 Å². The van der Waals surface area contributed by atoms with Crippen molar-refractivity contribution in [2.24, 2.45) is 0 Å². The first-order valence-electron chi connectivity index (χ1n) is 7.81. The number of rotatable bonds is 4. The predicted octanol–water partition coefficient (Wildman–Crippen LogP) is 7.11. The van der Waals surface area contributed by atoms with Gasteiger partial charge in [-0.05, 0) is 42.5 Å². The maximum atomic E-state index is 12.4. The molecule has 1 aromatic heterocycles. The quantitative estimate of drug-likeness (QED) is 0.339. The lowest BCUT2D eigenvalue weighted by molar-refractivity contribution is -0.112. The smallest absolute Gasteiger partial charge is 0.266 e. The number of carbonyl (C=O) groups excluding carboxylic acids is 1. The van der Waals surface area contributed by atoms with Gasteiger partial charge in [0.05, 0.1) is 20.8 Å². The molecule has 140 valence electrons. The summed E-state index contributed by atoms with van der Waals surface area (Å²) in [6.07, 6.45) is 1.32. The van der Waals surface area contributed by atoms with Crippen molar-refractivity contribution in [1.82, 2.24) is 0 Å². The van der Waals surface area contributed by atoms with Gasteiger partial charge in [-0.1, -0.05) is 52.5 Å². The summed E-state index contributed by atoms with van der Waals surface area (Å²) >= 11 is 24.1. The van der Waals surface area contributed by atoms with Gasteiger partial charge in [-0.25, -0.2) is 0 Å². The number of nitrogens with one attached hydrogen (secondary N) is 1. The Morgan fingerprint density at radius 1 is 1.04 bits per heavy atom. The molecule has 8 heteroatoms. The minimum atomic E-state index is -0.648. The summed E-state index contributed by atoms with van der Waals surface area (Å²) in [4.78, 5) is 12.4. The number of hydrogen-bond donors (Lipinski definition) is 1. The number of amides is 1.